The van der Waals surface area contributed by atoms with Gasteiger partial charge in [0, 0.05) is 18.0 Å². The molecule has 0 unspecified atom stereocenters. The Hall–Kier alpha value is -3.75. The number of alkyl halides is 3. The Balaban J connectivity index is 1.75. The molecule has 0 atom stereocenters. The minimum atomic E-state index is -4.51. The number of pyridine rings is 1. The number of halogens is 3. The normalized spacial score (nSPS) is 11.5. The van der Waals surface area contributed by atoms with E-state index < -0.39 is 17.6 Å². The smallest absolute Gasteiger partial charge is 0.316 e. The Kier molecular flexibility index (Phi) is 4.26. The second-order valence-electron chi connectivity index (χ2n) is 5.85. The zero-order valence-electron chi connectivity index (χ0n) is 14.2. The molecule has 1 N–H and O–H groups in total. The minimum Gasteiger partial charge on any atom is -0.316 e. The highest BCUT2D eigenvalue weighted by atomic mass is 19.4. The number of amides is 1. The van der Waals surface area contributed by atoms with Crippen LogP contribution in [-0.4, -0.2) is 25.5 Å². The van der Waals surface area contributed by atoms with Crippen LogP contribution in [0.4, 0.5) is 18.9 Å². The fourth-order valence-corrected chi connectivity index (χ4v) is 2.74. The summed E-state index contributed by atoms with van der Waals surface area (Å²) in [5.74, 6) is -0.474. The van der Waals surface area contributed by atoms with Crippen molar-refractivity contribution in [2.45, 2.75) is 6.18 Å². The third kappa shape index (κ3) is 3.29. The summed E-state index contributed by atoms with van der Waals surface area (Å²) in [5, 5.41) is 6.70. The Bertz CT molecular complexity index is 1160. The van der Waals surface area contributed by atoms with Crippen LogP contribution in [0.15, 0.2) is 67.1 Å². The van der Waals surface area contributed by atoms with Crippen molar-refractivity contribution >= 4 is 17.2 Å². The van der Waals surface area contributed by atoms with Gasteiger partial charge >= 0.3 is 6.18 Å². The molecule has 1 amide bonds. The van der Waals surface area contributed by atoms with Gasteiger partial charge in [-0.2, -0.15) is 18.3 Å². The lowest BCUT2D eigenvalue weighted by atomic mass is 10.0. The van der Waals surface area contributed by atoms with Crippen molar-refractivity contribution in [1.82, 2.24) is 19.6 Å². The maximum Gasteiger partial charge on any atom is 0.417 e. The predicted molar refractivity (Wildman–Crippen MR) is 95.6 cm³/mol. The predicted octanol–water partition coefficient (Wildman–Crippen LogP) is 4.06. The Morgan fingerprint density at radius 3 is 2.57 bits per heavy atom. The van der Waals surface area contributed by atoms with Crippen LogP contribution in [0.25, 0.3) is 16.9 Å². The van der Waals surface area contributed by atoms with E-state index in [2.05, 4.69) is 20.4 Å². The first-order valence-electron chi connectivity index (χ1n) is 8.17. The van der Waals surface area contributed by atoms with E-state index in [4.69, 9.17) is 0 Å². The third-order valence-corrected chi connectivity index (χ3v) is 4.02. The van der Waals surface area contributed by atoms with E-state index in [1.165, 1.54) is 47.4 Å². The number of nitrogens with one attached hydrogen (secondary N) is 1. The number of carbonyl (C=O) groups excluding carboxylic acids is 1. The summed E-state index contributed by atoms with van der Waals surface area (Å²) in [6, 6.07) is 11.5. The van der Waals surface area contributed by atoms with Crippen molar-refractivity contribution in [3.8, 4) is 11.3 Å². The van der Waals surface area contributed by atoms with Gasteiger partial charge in [0.2, 0.25) is 0 Å². The Labute approximate surface area is 156 Å². The molecule has 3 heterocycles. The third-order valence-electron chi connectivity index (χ3n) is 4.02. The number of rotatable bonds is 3. The SMILES string of the molecule is O=C(Nc1cnn2ccc(-c3ccccc3C(F)(F)F)nc12)c1ccccn1. The van der Waals surface area contributed by atoms with Gasteiger partial charge in [-0.15, -0.1) is 0 Å². The molecule has 28 heavy (non-hydrogen) atoms. The van der Waals surface area contributed by atoms with E-state index >= 15 is 0 Å². The average Bonchev–Trinajstić information content (AvgIpc) is 3.10. The molecule has 0 aliphatic carbocycles. The summed E-state index contributed by atoms with van der Waals surface area (Å²) in [4.78, 5) is 20.6. The highest BCUT2D eigenvalue weighted by Crippen LogP contribution is 2.36. The van der Waals surface area contributed by atoms with Crippen LogP contribution in [0.5, 0.6) is 0 Å². The zero-order chi connectivity index (χ0) is 19.7. The van der Waals surface area contributed by atoms with Gasteiger partial charge in [-0.3, -0.25) is 9.78 Å². The summed E-state index contributed by atoms with van der Waals surface area (Å²) in [5.41, 5.74) is -0.0402. The molecule has 6 nitrogen and oxygen atoms in total. The van der Waals surface area contributed by atoms with Gasteiger partial charge in [-0.25, -0.2) is 9.50 Å². The number of hydrogen-bond donors (Lipinski definition) is 1. The highest BCUT2D eigenvalue weighted by Gasteiger charge is 2.33. The Morgan fingerprint density at radius 2 is 1.82 bits per heavy atom. The summed E-state index contributed by atoms with van der Waals surface area (Å²) in [6.45, 7) is 0. The number of benzene rings is 1. The van der Waals surface area contributed by atoms with E-state index in [0.717, 1.165) is 6.07 Å². The van der Waals surface area contributed by atoms with Crippen molar-refractivity contribution in [2.75, 3.05) is 5.32 Å². The molecule has 0 aliphatic heterocycles. The Morgan fingerprint density at radius 1 is 1.04 bits per heavy atom. The lowest BCUT2D eigenvalue weighted by Crippen LogP contribution is -2.13. The fraction of sp³-hybridized carbons (Fsp3) is 0.0526. The van der Waals surface area contributed by atoms with E-state index in [9.17, 15) is 18.0 Å². The number of nitrogens with zero attached hydrogens (tertiary/aromatic N) is 4. The first-order chi connectivity index (χ1) is 13.4. The molecule has 0 aliphatic rings. The van der Waals surface area contributed by atoms with Crippen LogP contribution in [0.3, 0.4) is 0 Å². The maximum atomic E-state index is 13.3. The van der Waals surface area contributed by atoms with Crippen molar-refractivity contribution in [1.29, 1.82) is 0 Å². The molecule has 0 fully saturated rings. The molecule has 140 valence electrons. The monoisotopic (exact) mass is 383 g/mol. The van der Waals surface area contributed by atoms with E-state index in [0.29, 0.717) is 0 Å². The van der Waals surface area contributed by atoms with Gasteiger partial charge in [0.1, 0.15) is 11.4 Å². The van der Waals surface area contributed by atoms with Crippen molar-refractivity contribution < 1.29 is 18.0 Å². The van der Waals surface area contributed by atoms with Gasteiger partial charge in [0.15, 0.2) is 5.65 Å². The molecule has 0 saturated carbocycles. The zero-order valence-corrected chi connectivity index (χ0v) is 14.2. The number of carbonyl (C=O) groups is 1. The molecule has 0 spiro atoms. The van der Waals surface area contributed by atoms with Gasteiger partial charge in [-0.1, -0.05) is 24.3 Å². The summed E-state index contributed by atoms with van der Waals surface area (Å²) in [7, 11) is 0. The molecular formula is C19H12F3N5O. The molecule has 4 aromatic rings. The van der Waals surface area contributed by atoms with E-state index in [-0.39, 0.29) is 28.3 Å². The molecule has 9 heteroatoms. The molecule has 1 aromatic carbocycles. The fourth-order valence-electron chi connectivity index (χ4n) is 2.74. The second kappa shape index (κ2) is 6.76. The quantitative estimate of drug-likeness (QED) is 0.579. The first kappa shape index (κ1) is 17.7. The molecule has 0 saturated heterocycles. The minimum absolute atomic E-state index is 0.0549. The molecule has 0 bridgehead atoms. The summed E-state index contributed by atoms with van der Waals surface area (Å²) < 4.78 is 41.3. The molecular weight excluding hydrogens is 371 g/mol. The van der Waals surface area contributed by atoms with Gasteiger partial charge < -0.3 is 5.32 Å². The van der Waals surface area contributed by atoms with Gasteiger partial charge in [-0.05, 0) is 24.3 Å². The average molecular weight is 383 g/mol. The van der Waals surface area contributed by atoms with Crippen molar-refractivity contribution in [3.05, 3.63) is 78.4 Å². The second-order valence-corrected chi connectivity index (χ2v) is 5.85. The topological polar surface area (TPSA) is 72.2 Å². The van der Waals surface area contributed by atoms with E-state index in [1.807, 2.05) is 0 Å². The van der Waals surface area contributed by atoms with Gasteiger partial charge in [0.05, 0.1) is 17.5 Å². The lowest BCUT2D eigenvalue weighted by molar-refractivity contribution is -0.137. The standard InChI is InChI=1S/C19H12F3N5O/c20-19(21,22)13-6-2-1-5-12(13)14-8-10-27-17(25-14)16(11-24-27)26-18(28)15-7-3-4-9-23-15/h1-11H,(H,26,28). The summed E-state index contributed by atoms with van der Waals surface area (Å²) in [6.07, 6.45) is -0.167. The number of anilines is 1. The maximum absolute atomic E-state index is 13.3. The van der Waals surface area contributed by atoms with E-state index in [1.54, 1.807) is 18.2 Å². The van der Waals surface area contributed by atoms with Gasteiger partial charge in [0.25, 0.3) is 5.91 Å². The van der Waals surface area contributed by atoms with Crippen molar-refractivity contribution in [2.24, 2.45) is 0 Å². The van der Waals surface area contributed by atoms with Crippen LogP contribution in [0, 0.1) is 0 Å². The molecule has 4 rings (SSSR count). The first-order valence-corrected chi connectivity index (χ1v) is 8.17. The molecule has 3 aromatic heterocycles. The van der Waals surface area contributed by atoms with Crippen LogP contribution < -0.4 is 5.32 Å². The lowest BCUT2D eigenvalue weighted by Gasteiger charge is -2.12. The van der Waals surface area contributed by atoms with Crippen LogP contribution in [0.2, 0.25) is 0 Å². The molecule has 0 radical (unpaired) electrons. The van der Waals surface area contributed by atoms with Crippen LogP contribution in [-0.2, 0) is 6.18 Å². The number of fused-ring (bicyclic) bond motifs is 1. The summed E-state index contributed by atoms with van der Waals surface area (Å²) >= 11 is 0. The van der Waals surface area contributed by atoms with Crippen molar-refractivity contribution in [3.63, 3.8) is 0 Å². The number of aromatic nitrogens is 4. The van der Waals surface area contributed by atoms with Crippen LogP contribution in [0.1, 0.15) is 16.1 Å². The number of hydrogen-bond acceptors (Lipinski definition) is 4. The largest absolute Gasteiger partial charge is 0.417 e. The highest BCUT2D eigenvalue weighted by molar-refractivity contribution is 6.04. The van der Waals surface area contributed by atoms with Crippen LogP contribution >= 0.6 is 0 Å².